The van der Waals surface area contributed by atoms with E-state index in [0.29, 0.717) is 42.3 Å². The first-order chi connectivity index (χ1) is 15.1. The van der Waals surface area contributed by atoms with Gasteiger partial charge in [-0.05, 0) is 54.9 Å². The molecule has 31 heavy (non-hydrogen) atoms. The molecule has 0 spiro atoms. The highest BCUT2D eigenvalue weighted by Gasteiger charge is 2.44. The fraction of sp³-hybridized carbons (Fsp3) is 0.500. The van der Waals surface area contributed by atoms with Crippen molar-refractivity contribution in [2.45, 2.75) is 38.3 Å². The number of hydrogen-bond acceptors (Lipinski definition) is 5. The van der Waals surface area contributed by atoms with E-state index in [2.05, 4.69) is 19.8 Å². The molecule has 3 saturated heterocycles. The molecular weight excluding hydrogens is 390 g/mol. The van der Waals surface area contributed by atoms with Crippen molar-refractivity contribution in [2.75, 3.05) is 31.6 Å². The largest absolute Gasteiger partial charge is 0.356 e. The van der Waals surface area contributed by atoms with Crippen LogP contribution in [0.4, 0.5) is 5.82 Å². The van der Waals surface area contributed by atoms with E-state index in [1.54, 1.807) is 30.5 Å². The smallest absolute Gasteiger partial charge is 0.255 e. The van der Waals surface area contributed by atoms with Crippen molar-refractivity contribution >= 4 is 17.6 Å². The first-order valence-electron chi connectivity index (χ1n) is 11.2. The van der Waals surface area contributed by atoms with Gasteiger partial charge in [0.2, 0.25) is 5.91 Å². The lowest BCUT2D eigenvalue weighted by molar-refractivity contribution is -0.142. The summed E-state index contributed by atoms with van der Waals surface area (Å²) >= 11 is 0. The lowest BCUT2D eigenvalue weighted by Gasteiger charge is -2.52. The number of hydrogen-bond donors (Lipinski definition) is 0. The summed E-state index contributed by atoms with van der Waals surface area (Å²) in [4.78, 5) is 40.1. The highest BCUT2D eigenvalue weighted by molar-refractivity contribution is 5.93. The molecule has 0 aromatic carbocycles. The number of fused-ring (bicyclic) bond motifs is 4. The third-order valence-electron chi connectivity index (χ3n) is 6.99. The van der Waals surface area contributed by atoms with Crippen molar-refractivity contribution in [3.8, 4) is 0 Å². The van der Waals surface area contributed by atoms with Crippen LogP contribution in [0.25, 0.3) is 0 Å². The van der Waals surface area contributed by atoms with Crippen molar-refractivity contribution in [2.24, 2.45) is 11.8 Å². The number of pyridine rings is 2. The Hall–Kier alpha value is -2.96. The zero-order chi connectivity index (χ0) is 21.4. The van der Waals surface area contributed by atoms with E-state index in [1.807, 2.05) is 24.3 Å². The summed E-state index contributed by atoms with van der Waals surface area (Å²) in [7, 11) is 1.80. The molecular formula is C24H29N5O2. The van der Waals surface area contributed by atoms with Gasteiger partial charge in [0.15, 0.2) is 0 Å². The summed E-state index contributed by atoms with van der Waals surface area (Å²) in [6.45, 7) is 3.26. The zero-order valence-electron chi connectivity index (χ0n) is 18.0. The molecule has 3 fully saturated rings. The second-order valence-electron chi connectivity index (χ2n) is 9.20. The predicted octanol–water partition coefficient (Wildman–Crippen LogP) is 2.59. The lowest BCUT2D eigenvalue weighted by atomic mass is 9.76. The molecule has 0 aliphatic carbocycles. The predicted molar refractivity (Wildman–Crippen MR) is 117 cm³/mol. The third kappa shape index (κ3) is 4.01. The van der Waals surface area contributed by atoms with Crippen LogP contribution in [0.2, 0.25) is 0 Å². The molecule has 0 saturated carbocycles. The lowest BCUT2D eigenvalue weighted by Crippen LogP contribution is -2.60. The molecule has 2 bridgehead atoms. The van der Waals surface area contributed by atoms with Crippen LogP contribution in [-0.2, 0) is 11.3 Å². The number of rotatable bonds is 4. The van der Waals surface area contributed by atoms with Gasteiger partial charge in [-0.3, -0.25) is 14.6 Å². The van der Waals surface area contributed by atoms with Gasteiger partial charge in [-0.25, -0.2) is 4.98 Å². The van der Waals surface area contributed by atoms with E-state index in [4.69, 9.17) is 0 Å². The zero-order valence-corrected chi connectivity index (χ0v) is 18.0. The van der Waals surface area contributed by atoms with Gasteiger partial charge in [-0.2, -0.15) is 0 Å². The molecule has 7 heteroatoms. The maximum Gasteiger partial charge on any atom is 0.255 e. The molecule has 7 nitrogen and oxygen atoms in total. The van der Waals surface area contributed by atoms with Crippen LogP contribution < -0.4 is 4.90 Å². The van der Waals surface area contributed by atoms with Crippen molar-refractivity contribution in [1.29, 1.82) is 0 Å². The highest BCUT2D eigenvalue weighted by Crippen LogP contribution is 2.38. The van der Waals surface area contributed by atoms with Gasteiger partial charge in [0.25, 0.3) is 5.91 Å². The Labute approximate surface area is 183 Å². The molecule has 2 amide bonds. The Balaban J connectivity index is 1.25. The van der Waals surface area contributed by atoms with Gasteiger partial charge >= 0.3 is 0 Å². The Morgan fingerprint density at radius 1 is 1.19 bits per heavy atom. The molecule has 5 heterocycles. The first-order valence-corrected chi connectivity index (χ1v) is 11.2. The SMILES string of the molecule is CN(Cc1cccnc1)C(=O)c1ccc(N2CC3CC(C2)[C@H]2CCCC(=O)N2C3)nc1. The Morgan fingerprint density at radius 3 is 2.87 bits per heavy atom. The van der Waals surface area contributed by atoms with Gasteiger partial charge in [0, 0.05) is 64.3 Å². The maximum absolute atomic E-state index is 12.8. The van der Waals surface area contributed by atoms with Gasteiger partial charge in [0.1, 0.15) is 5.82 Å². The standard InChI is InChI=1S/C24H29N5O2/c1-27(13-17-4-3-9-25-11-17)24(31)19-7-8-22(26-12-19)28-14-18-10-20(16-28)21-5-2-6-23(30)29(21)15-18/h3-4,7-9,11-12,18,20-21H,2,5-6,10,13-16H2,1H3/t18?,20?,21-/m1/s1. The van der Waals surface area contributed by atoms with E-state index in [1.165, 1.54) is 6.42 Å². The fourth-order valence-corrected chi connectivity index (χ4v) is 5.55. The summed E-state index contributed by atoms with van der Waals surface area (Å²) in [5, 5.41) is 0. The highest BCUT2D eigenvalue weighted by atomic mass is 16.2. The number of carbonyl (C=O) groups excluding carboxylic acids is 2. The number of anilines is 1. The Morgan fingerprint density at radius 2 is 2.10 bits per heavy atom. The number of carbonyl (C=O) groups is 2. The minimum atomic E-state index is -0.0465. The van der Waals surface area contributed by atoms with Crippen LogP contribution in [0.15, 0.2) is 42.9 Å². The van der Waals surface area contributed by atoms with E-state index in [-0.39, 0.29) is 5.91 Å². The number of nitrogens with zero attached hydrogens (tertiary/aromatic N) is 5. The van der Waals surface area contributed by atoms with Crippen molar-refractivity contribution in [3.05, 3.63) is 54.0 Å². The summed E-state index contributed by atoms with van der Waals surface area (Å²) in [6.07, 6.45) is 9.26. The van der Waals surface area contributed by atoms with Gasteiger partial charge in [0.05, 0.1) is 5.56 Å². The van der Waals surface area contributed by atoms with Crippen molar-refractivity contribution < 1.29 is 9.59 Å². The van der Waals surface area contributed by atoms with Crippen LogP contribution in [0.5, 0.6) is 0 Å². The maximum atomic E-state index is 12.8. The third-order valence-corrected chi connectivity index (χ3v) is 6.99. The summed E-state index contributed by atoms with van der Waals surface area (Å²) in [5.41, 5.74) is 1.59. The first kappa shape index (κ1) is 20.0. The van der Waals surface area contributed by atoms with Crippen LogP contribution >= 0.6 is 0 Å². The molecule has 3 atom stereocenters. The number of amides is 2. The van der Waals surface area contributed by atoms with Gasteiger partial charge in [-0.1, -0.05) is 6.07 Å². The van der Waals surface area contributed by atoms with Crippen molar-refractivity contribution in [3.63, 3.8) is 0 Å². The van der Waals surface area contributed by atoms with Gasteiger partial charge in [-0.15, -0.1) is 0 Å². The quantitative estimate of drug-likeness (QED) is 0.762. The molecule has 5 rings (SSSR count). The number of piperidine rings is 3. The topological polar surface area (TPSA) is 69.6 Å². The molecule has 3 aliphatic heterocycles. The van der Waals surface area contributed by atoms with Crippen LogP contribution in [0, 0.1) is 11.8 Å². The number of aromatic nitrogens is 2. The molecule has 162 valence electrons. The summed E-state index contributed by atoms with van der Waals surface area (Å²) in [6, 6.07) is 8.08. The normalized spacial score (nSPS) is 25.2. The van der Waals surface area contributed by atoms with E-state index >= 15 is 0 Å². The Kier molecular flexibility index (Phi) is 5.34. The second-order valence-corrected chi connectivity index (χ2v) is 9.20. The summed E-state index contributed by atoms with van der Waals surface area (Å²) in [5.74, 6) is 2.25. The minimum absolute atomic E-state index is 0.0465. The monoisotopic (exact) mass is 419 g/mol. The Bertz CT molecular complexity index is 948. The van der Waals surface area contributed by atoms with E-state index < -0.39 is 0 Å². The van der Waals surface area contributed by atoms with E-state index in [0.717, 1.165) is 43.9 Å². The van der Waals surface area contributed by atoms with Gasteiger partial charge < -0.3 is 14.7 Å². The molecule has 3 aliphatic rings. The molecule has 2 unspecified atom stereocenters. The van der Waals surface area contributed by atoms with E-state index in [9.17, 15) is 9.59 Å². The van der Waals surface area contributed by atoms with Crippen LogP contribution in [0.3, 0.4) is 0 Å². The fourth-order valence-electron chi connectivity index (χ4n) is 5.55. The van der Waals surface area contributed by atoms with Crippen molar-refractivity contribution in [1.82, 2.24) is 19.8 Å². The molecule has 2 aromatic rings. The molecule has 2 aromatic heterocycles. The van der Waals surface area contributed by atoms with Crippen LogP contribution in [-0.4, -0.2) is 64.3 Å². The summed E-state index contributed by atoms with van der Waals surface area (Å²) < 4.78 is 0. The van der Waals surface area contributed by atoms with Crippen LogP contribution in [0.1, 0.15) is 41.6 Å². The second kappa shape index (κ2) is 8.29. The average molecular weight is 420 g/mol. The average Bonchev–Trinajstić information content (AvgIpc) is 2.80. The molecule has 0 N–H and O–H groups in total. The minimum Gasteiger partial charge on any atom is -0.356 e. The molecule has 0 radical (unpaired) electrons.